The lowest BCUT2D eigenvalue weighted by atomic mass is 9.87. The van der Waals surface area contributed by atoms with Crippen molar-refractivity contribution in [3.8, 4) is 0 Å². The lowest BCUT2D eigenvalue weighted by Crippen LogP contribution is -2.35. The molecule has 8 heteroatoms. The second kappa shape index (κ2) is 7.69. The van der Waals surface area contributed by atoms with E-state index < -0.39 is 27.5 Å². The number of pyridine rings is 1. The van der Waals surface area contributed by atoms with E-state index in [1.165, 1.54) is 19.4 Å². The fraction of sp³-hybridized carbons (Fsp3) is 0.444. The summed E-state index contributed by atoms with van der Waals surface area (Å²) in [5, 5.41) is 10.4. The van der Waals surface area contributed by atoms with E-state index in [0.29, 0.717) is 17.2 Å². The van der Waals surface area contributed by atoms with Gasteiger partial charge in [-0.05, 0) is 30.9 Å². The Labute approximate surface area is 153 Å². The number of aliphatic hydroxyl groups excluding tert-OH is 1. The zero-order chi connectivity index (χ0) is 19.5. The van der Waals surface area contributed by atoms with Gasteiger partial charge in [-0.3, -0.25) is 0 Å². The first-order chi connectivity index (χ1) is 12.1. The van der Waals surface area contributed by atoms with E-state index >= 15 is 0 Å². The quantitative estimate of drug-likeness (QED) is 0.713. The first-order valence-electron chi connectivity index (χ1n) is 8.21. The van der Waals surface area contributed by atoms with Crippen LogP contribution in [0.15, 0.2) is 35.4 Å². The van der Waals surface area contributed by atoms with Gasteiger partial charge >= 0.3 is 5.97 Å². The maximum atomic E-state index is 12.8. The number of carbonyl (C=O) groups excluding carboxylic acids is 1. The highest BCUT2D eigenvalue weighted by atomic mass is 32.2. The summed E-state index contributed by atoms with van der Waals surface area (Å²) in [7, 11) is -2.57. The number of rotatable bonds is 7. The molecular weight excluding hydrogens is 356 g/mol. The van der Waals surface area contributed by atoms with Gasteiger partial charge in [0, 0.05) is 23.5 Å². The topological polar surface area (TPSA) is 106 Å². The van der Waals surface area contributed by atoms with E-state index in [4.69, 9.17) is 4.74 Å². The number of nitrogens with one attached hydrogen (secondary N) is 1. The number of aliphatic hydroxyl groups is 1. The summed E-state index contributed by atoms with van der Waals surface area (Å²) in [5.74, 6) is -0.629. The molecule has 26 heavy (non-hydrogen) atoms. The molecule has 2 aromatic rings. The number of benzene rings is 1. The molecule has 1 heterocycles. The van der Waals surface area contributed by atoms with E-state index in [1.807, 2.05) is 13.8 Å². The summed E-state index contributed by atoms with van der Waals surface area (Å²) in [5.41, 5.74) is -0.346. The third-order valence-corrected chi connectivity index (χ3v) is 5.48. The molecule has 2 N–H and O–H groups in total. The molecule has 0 amide bonds. The zero-order valence-electron chi connectivity index (χ0n) is 15.3. The largest absolute Gasteiger partial charge is 0.464 e. The Morgan fingerprint density at radius 1 is 1.31 bits per heavy atom. The SMILES string of the molecule is COC(=O)c1nccc2c(S(=O)(=O)NCC(C)(C)CC(C)O)cccc12. The highest BCUT2D eigenvalue weighted by molar-refractivity contribution is 7.89. The second-order valence-electron chi connectivity index (χ2n) is 7.04. The number of hydrogen-bond acceptors (Lipinski definition) is 6. The Morgan fingerprint density at radius 2 is 2.00 bits per heavy atom. The predicted molar refractivity (Wildman–Crippen MR) is 98.3 cm³/mol. The number of nitrogens with zero attached hydrogens (tertiary/aromatic N) is 1. The molecule has 1 aromatic carbocycles. The zero-order valence-corrected chi connectivity index (χ0v) is 16.1. The lowest BCUT2D eigenvalue weighted by molar-refractivity contribution is 0.0596. The molecule has 1 unspecified atom stereocenters. The minimum atomic E-state index is -3.82. The maximum Gasteiger partial charge on any atom is 0.357 e. The molecule has 0 aliphatic carbocycles. The minimum absolute atomic E-state index is 0.0652. The van der Waals surface area contributed by atoms with Gasteiger partial charge in [-0.25, -0.2) is 22.9 Å². The van der Waals surface area contributed by atoms with Crippen LogP contribution in [0.3, 0.4) is 0 Å². The number of esters is 1. The highest BCUT2D eigenvalue weighted by Crippen LogP contribution is 2.26. The van der Waals surface area contributed by atoms with Crippen LogP contribution in [0.5, 0.6) is 0 Å². The number of fused-ring (bicyclic) bond motifs is 1. The summed E-state index contributed by atoms with van der Waals surface area (Å²) in [4.78, 5) is 15.9. The number of sulfonamides is 1. The molecule has 142 valence electrons. The van der Waals surface area contributed by atoms with Crippen LogP contribution in [0.1, 0.15) is 37.7 Å². The maximum absolute atomic E-state index is 12.8. The van der Waals surface area contributed by atoms with Crippen molar-refractivity contribution in [1.82, 2.24) is 9.71 Å². The number of aromatic nitrogens is 1. The van der Waals surface area contributed by atoms with Crippen molar-refractivity contribution in [2.45, 2.75) is 38.2 Å². The van der Waals surface area contributed by atoms with E-state index in [0.717, 1.165) is 0 Å². The van der Waals surface area contributed by atoms with Gasteiger partial charge in [0.15, 0.2) is 5.69 Å². The minimum Gasteiger partial charge on any atom is -0.464 e. The fourth-order valence-electron chi connectivity index (χ4n) is 2.91. The third kappa shape index (κ3) is 4.57. The van der Waals surface area contributed by atoms with Gasteiger partial charge in [0.05, 0.1) is 18.1 Å². The van der Waals surface area contributed by atoms with E-state index in [9.17, 15) is 18.3 Å². The molecule has 0 radical (unpaired) electrons. The van der Waals surface area contributed by atoms with Crippen LogP contribution in [-0.2, 0) is 14.8 Å². The first-order valence-corrected chi connectivity index (χ1v) is 9.69. The molecule has 0 aliphatic rings. The molecule has 0 bridgehead atoms. The number of ether oxygens (including phenoxy) is 1. The Morgan fingerprint density at radius 3 is 2.62 bits per heavy atom. The summed E-state index contributed by atoms with van der Waals surface area (Å²) >= 11 is 0. The van der Waals surface area contributed by atoms with Gasteiger partial charge in [-0.1, -0.05) is 26.0 Å². The monoisotopic (exact) mass is 380 g/mol. The predicted octanol–water partition coefficient (Wildman–Crippen LogP) is 2.10. The summed E-state index contributed by atoms with van der Waals surface area (Å²) in [6, 6.07) is 6.22. The van der Waals surface area contributed by atoms with Crippen molar-refractivity contribution >= 4 is 26.8 Å². The highest BCUT2D eigenvalue weighted by Gasteiger charge is 2.25. The fourth-order valence-corrected chi connectivity index (χ4v) is 4.37. The molecule has 0 saturated carbocycles. The van der Waals surface area contributed by atoms with Gasteiger partial charge in [0.2, 0.25) is 10.0 Å². The number of methoxy groups -OCH3 is 1. The van der Waals surface area contributed by atoms with Crippen LogP contribution in [-0.4, -0.2) is 44.2 Å². The van der Waals surface area contributed by atoms with Crippen molar-refractivity contribution in [2.75, 3.05) is 13.7 Å². The van der Waals surface area contributed by atoms with Gasteiger partial charge in [0.1, 0.15) is 0 Å². The van der Waals surface area contributed by atoms with Crippen molar-refractivity contribution in [1.29, 1.82) is 0 Å². The Balaban J connectivity index is 2.41. The average Bonchev–Trinajstić information content (AvgIpc) is 2.57. The van der Waals surface area contributed by atoms with Crippen molar-refractivity contribution in [3.63, 3.8) is 0 Å². The average molecular weight is 380 g/mol. The first kappa shape index (κ1) is 20.3. The molecule has 0 fully saturated rings. The molecule has 7 nitrogen and oxygen atoms in total. The molecule has 0 spiro atoms. The molecule has 1 aromatic heterocycles. The number of hydrogen-bond donors (Lipinski definition) is 2. The third-order valence-electron chi connectivity index (χ3n) is 4.02. The van der Waals surface area contributed by atoms with Crippen molar-refractivity contribution < 1.29 is 23.1 Å². The molecule has 0 saturated heterocycles. The lowest BCUT2D eigenvalue weighted by Gasteiger charge is -2.26. The smallest absolute Gasteiger partial charge is 0.357 e. The van der Waals surface area contributed by atoms with Crippen LogP contribution in [0, 0.1) is 5.41 Å². The molecule has 0 aliphatic heterocycles. The van der Waals surface area contributed by atoms with Gasteiger partial charge in [-0.15, -0.1) is 0 Å². The summed E-state index contributed by atoms with van der Waals surface area (Å²) in [6.45, 7) is 5.60. The van der Waals surface area contributed by atoms with Gasteiger partial charge in [-0.2, -0.15) is 0 Å². The number of carbonyl (C=O) groups is 1. The summed E-state index contributed by atoms with van der Waals surface area (Å²) < 4.78 is 32.9. The van der Waals surface area contributed by atoms with Crippen molar-refractivity contribution in [2.24, 2.45) is 5.41 Å². The summed E-state index contributed by atoms with van der Waals surface area (Å²) in [6.07, 6.45) is 1.31. The van der Waals surface area contributed by atoms with Crippen LogP contribution >= 0.6 is 0 Å². The van der Waals surface area contributed by atoms with Gasteiger partial charge < -0.3 is 9.84 Å². The van der Waals surface area contributed by atoms with E-state index in [2.05, 4.69) is 9.71 Å². The van der Waals surface area contributed by atoms with Crippen LogP contribution in [0.2, 0.25) is 0 Å². The second-order valence-corrected chi connectivity index (χ2v) is 8.78. The Kier molecular flexibility index (Phi) is 6.00. The normalized spacial score (nSPS) is 13.6. The van der Waals surface area contributed by atoms with Crippen LogP contribution < -0.4 is 4.72 Å². The van der Waals surface area contributed by atoms with Crippen LogP contribution in [0.4, 0.5) is 0 Å². The van der Waals surface area contributed by atoms with Crippen LogP contribution in [0.25, 0.3) is 10.8 Å². The Hall–Kier alpha value is -2.03. The van der Waals surface area contributed by atoms with E-state index in [-0.39, 0.29) is 17.1 Å². The Bertz CT molecular complexity index is 907. The van der Waals surface area contributed by atoms with E-state index in [1.54, 1.807) is 25.1 Å². The standard InChI is InChI=1S/C18H24N2O5S/c1-12(21)10-18(2,3)11-20-26(23,24)15-7-5-6-14-13(15)8-9-19-16(14)17(22)25-4/h5-9,12,20-21H,10-11H2,1-4H3. The van der Waals surface area contributed by atoms with Gasteiger partial charge in [0.25, 0.3) is 0 Å². The molecule has 1 atom stereocenters. The molecule has 2 rings (SSSR count). The van der Waals surface area contributed by atoms with Crippen molar-refractivity contribution in [3.05, 3.63) is 36.2 Å². The molecular formula is C18H24N2O5S.